The van der Waals surface area contributed by atoms with E-state index in [1.807, 2.05) is 25.4 Å². The molecule has 6 heteroatoms. The molecule has 1 aromatic rings. The first-order chi connectivity index (χ1) is 15.1. The number of hydrogen-bond donors (Lipinski definition) is 3. The number of rotatable bonds is 8. The number of aliphatic hydroxyl groups excluding tert-OH is 1. The van der Waals surface area contributed by atoms with Crippen molar-refractivity contribution in [1.82, 2.24) is 15.2 Å². The molecule has 6 nitrogen and oxygen atoms in total. The van der Waals surface area contributed by atoms with Crippen molar-refractivity contribution in [2.45, 2.75) is 101 Å². The molecule has 4 rings (SSSR count). The number of nitrogens with two attached hydrogens (primary N) is 1. The van der Waals surface area contributed by atoms with Crippen LogP contribution in [0.25, 0.3) is 0 Å². The number of likely N-dealkylation sites (N-methyl/N-ethyl adjacent to an activating group) is 1. The summed E-state index contributed by atoms with van der Waals surface area (Å²) in [4.78, 5) is 11.1. The number of aliphatic hydroxyl groups is 1. The molecule has 1 aromatic heterocycles. The minimum Gasteiger partial charge on any atom is -0.371 e. The van der Waals surface area contributed by atoms with Crippen LogP contribution in [0.4, 0.5) is 0 Å². The van der Waals surface area contributed by atoms with Gasteiger partial charge < -0.3 is 21.1 Å². The van der Waals surface area contributed by atoms with Crippen molar-refractivity contribution in [2.24, 2.45) is 22.6 Å². The molecule has 2 unspecified atom stereocenters. The Hall–Kier alpha value is -1.66. The van der Waals surface area contributed by atoms with Gasteiger partial charge in [-0.3, -0.25) is 4.98 Å². The molecule has 2 saturated carbocycles. The molecule has 3 aliphatic rings. The summed E-state index contributed by atoms with van der Waals surface area (Å²) < 4.78 is 0. The molecule has 2 fully saturated rings. The Bertz CT molecular complexity index is 720. The summed E-state index contributed by atoms with van der Waals surface area (Å²) in [7, 11) is 1.88. The zero-order valence-electron chi connectivity index (χ0n) is 19.2. The predicted octanol–water partition coefficient (Wildman–Crippen LogP) is 3.80. The number of aromatic nitrogens is 1. The first kappa shape index (κ1) is 22.5. The molecule has 0 radical (unpaired) electrons. The summed E-state index contributed by atoms with van der Waals surface area (Å²) in [6.07, 6.45) is 15.9. The lowest BCUT2D eigenvalue weighted by Crippen LogP contribution is -2.48. The van der Waals surface area contributed by atoms with E-state index in [-0.39, 0.29) is 0 Å². The van der Waals surface area contributed by atoms with Gasteiger partial charge in [0.15, 0.2) is 12.2 Å². The zero-order chi connectivity index (χ0) is 21.7. The quantitative estimate of drug-likeness (QED) is 0.587. The zero-order valence-corrected chi connectivity index (χ0v) is 19.2. The first-order valence-electron chi connectivity index (χ1n) is 12.5. The van der Waals surface area contributed by atoms with E-state index in [9.17, 15) is 5.11 Å². The van der Waals surface area contributed by atoms with Gasteiger partial charge in [-0.2, -0.15) is 0 Å². The number of nitrogens with zero attached hydrogens (tertiary/aromatic N) is 3. The molecule has 1 aliphatic heterocycles. The average molecular weight is 428 g/mol. The Morgan fingerprint density at radius 1 is 1.13 bits per heavy atom. The summed E-state index contributed by atoms with van der Waals surface area (Å²) in [6.45, 7) is 0.821. The van der Waals surface area contributed by atoms with Crippen molar-refractivity contribution in [1.29, 1.82) is 0 Å². The Kier molecular flexibility index (Phi) is 7.49. The number of hydrogen-bond acceptors (Lipinski definition) is 6. The van der Waals surface area contributed by atoms with Crippen molar-refractivity contribution in [2.75, 3.05) is 7.05 Å². The van der Waals surface area contributed by atoms with E-state index in [4.69, 9.17) is 10.7 Å². The minimum atomic E-state index is -0.599. The van der Waals surface area contributed by atoms with Crippen LogP contribution in [0, 0.1) is 11.8 Å². The molecule has 0 amide bonds. The molecular formula is C25H41N5O. The van der Waals surface area contributed by atoms with Crippen LogP contribution < -0.4 is 11.1 Å². The van der Waals surface area contributed by atoms with Crippen LogP contribution >= 0.6 is 0 Å². The molecule has 0 spiro atoms. The van der Waals surface area contributed by atoms with E-state index in [1.165, 1.54) is 51.4 Å². The van der Waals surface area contributed by atoms with E-state index in [0.717, 1.165) is 43.8 Å². The molecule has 31 heavy (non-hydrogen) atoms. The fourth-order valence-electron chi connectivity index (χ4n) is 6.13. The molecule has 0 bridgehead atoms. The second kappa shape index (κ2) is 10.3. The first-order valence-corrected chi connectivity index (χ1v) is 12.5. The van der Waals surface area contributed by atoms with Gasteiger partial charge in [0.05, 0.1) is 5.69 Å². The van der Waals surface area contributed by atoms with E-state index < -0.39 is 11.8 Å². The van der Waals surface area contributed by atoms with Gasteiger partial charge in [0.1, 0.15) is 5.54 Å². The maximum atomic E-state index is 11.2. The third kappa shape index (κ3) is 5.58. The summed E-state index contributed by atoms with van der Waals surface area (Å²) in [6, 6.07) is 6.59. The van der Waals surface area contributed by atoms with Gasteiger partial charge in [0, 0.05) is 25.8 Å². The lowest BCUT2D eigenvalue weighted by atomic mass is 9.73. The SMILES string of the molecule is CN1C(N)=N[C@](CCC2CCCCC2)(CC2CCC[C@@H](NCc3ccccn3)C2)C1O. The highest BCUT2D eigenvalue weighted by atomic mass is 16.3. The monoisotopic (exact) mass is 427 g/mol. The number of pyridine rings is 1. The summed E-state index contributed by atoms with van der Waals surface area (Å²) in [5.41, 5.74) is 6.85. The average Bonchev–Trinajstić information content (AvgIpc) is 3.01. The van der Waals surface area contributed by atoms with Crippen LogP contribution in [0.1, 0.15) is 82.7 Å². The molecule has 0 saturated heterocycles. The van der Waals surface area contributed by atoms with Crippen LogP contribution in [0.15, 0.2) is 29.4 Å². The molecular weight excluding hydrogens is 386 g/mol. The Morgan fingerprint density at radius 2 is 1.94 bits per heavy atom. The second-order valence-electron chi connectivity index (χ2n) is 10.2. The normalized spacial score (nSPS) is 32.3. The Labute approximate surface area is 187 Å². The van der Waals surface area contributed by atoms with Crippen molar-refractivity contribution in [3.63, 3.8) is 0 Å². The molecule has 2 heterocycles. The fourth-order valence-corrected chi connectivity index (χ4v) is 6.13. The summed E-state index contributed by atoms with van der Waals surface area (Å²) in [5.74, 6) is 1.86. The number of guanidine groups is 1. The molecule has 2 aliphatic carbocycles. The van der Waals surface area contributed by atoms with E-state index in [2.05, 4.69) is 16.4 Å². The van der Waals surface area contributed by atoms with Crippen molar-refractivity contribution >= 4 is 5.96 Å². The van der Waals surface area contributed by atoms with Gasteiger partial charge in [0.2, 0.25) is 0 Å². The van der Waals surface area contributed by atoms with Crippen LogP contribution in [0.3, 0.4) is 0 Å². The van der Waals surface area contributed by atoms with Crippen molar-refractivity contribution in [3.05, 3.63) is 30.1 Å². The van der Waals surface area contributed by atoms with Crippen LogP contribution in [0.2, 0.25) is 0 Å². The van der Waals surface area contributed by atoms with Gasteiger partial charge in [-0.1, -0.05) is 51.0 Å². The maximum Gasteiger partial charge on any atom is 0.193 e. The highest BCUT2D eigenvalue weighted by Gasteiger charge is 2.47. The maximum absolute atomic E-state index is 11.2. The lowest BCUT2D eigenvalue weighted by Gasteiger charge is -2.39. The largest absolute Gasteiger partial charge is 0.371 e. The van der Waals surface area contributed by atoms with Gasteiger partial charge >= 0.3 is 0 Å². The van der Waals surface area contributed by atoms with Crippen molar-refractivity contribution in [3.8, 4) is 0 Å². The topological polar surface area (TPSA) is 86.8 Å². The number of nitrogens with one attached hydrogen (secondary N) is 1. The van der Waals surface area contributed by atoms with Crippen molar-refractivity contribution < 1.29 is 5.11 Å². The smallest absolute Gasteiger partial charge is 0.193 e. The third-order valence-corrected chi connectivity index (χ3v) is 7.98. The van der Waals surface area contributed by atoms with E-state index in [0.29, 0.717) is 17.9 Å². The minimum absolute atomic E-state index is 0.441. The highest BCUT2D eigenvalue weighted by Crippen LogP contribution is 2.42. The molecule has 4 atom stereocenters. The highest BCUT2D eigenvalue weighted by molar-refractivity contribution is 5.80. The van der Waals surface area contributed by atoms with Crippen LogP contribution in [-0.2, 0) is 6.54 Å². The summed E-state index contributed by atoms with van der Waals surface area (Å²) >= 11 is 0. The van der Waals surface area contributed by atoms with Gasteiger partial charge in [-0.15, -0.1) is 0 Å². The third-order valence-electron chi connectivity index (χ3n) is 7.98. The Morgan fingerprint density at radius 3 is 2.65 bits per heavy atom. The second-order valence-corrected chi connectivity index (χ2v) is 10.2. The molecule has 4 N–H and O–H groups in total. The lowest BCUT2D eigenvalue weighted by molar-refractivity contribution is -0.00425. The van der Waals surface area contributed by atoms with Crippen LogP contribution in [-0.4, -0.2) is 45.8 Å². The Balaban J connectivity index is 1.37. The molecule has 0 aromatic carbocycles. The summed E-state index contributed by atoms with van der Waals surface area (Å²) in [5, 5.41) is 14.9. The standard InChI is InChI=1S/C25H41N5O/c1-30-23(31)25(29-24(30)26,14-13-19-8-3-2-4-9-19)17-20-10-7-12-21(16-20)28-18-22-11-5-6-15-27-22/h5-6,11,15,19-21,23,28,31H,2-4,7-10,12-14,16-18H2,1H3,(H2,26,29)/t20?,21-,23?,25-/m1/s1. The van der Waals surface area contributed by atoms with Gasteiger partial charge in [-0.05, 0) is 56.1 Å². The van der Waals surface area contributed by atoms with Gasteiger partial charge in [0.25, 0.3) is 0 Å². The van der Waals surface area contributed by atoms with Gasteiger partial charge in [-0.25, -0.2) is 4.99 Å². The number of aliphatic imine (C=N–C) groups is 1. The van der Waals surface area contributed by atoms with E-state index >= 15 is 0 Å². The van der Waals surface area contributed by atoms with Crippen LogP contribution in [0.5, 0.6) is 0 Å². The molecule has 172 valence electrons. The fraction of sp³-hybridized carbons (Fsp3) is 0.760. The predicted molar refractivity (Wildman–Crippen MR) is 125 cm³/mol. The van der Waals surface area contributed by atoms with E-state index in [1.54, 1.807) is 4.90 Å².